The first kappa shape index (κ1) is 11.3. The van der Waals surface area contributed by atoms with Gasteiger partial charge in [0, 0.05) is 5.56 Å². The van der Waals surface area contributed by atoms with Crippen LogP contribution in [-0.4, -0.2) is 5.78 Å². The van der Waals surface area contributed by atoms with E-state index in [1.807, 2.05) is 25.1 Å². The molecular formula is C16H16O2. The molecule has 1 fully saturated rings. The molecule has 1 aromatic carbocycles. The van der Waals surface area contributed by atoms with Gasteiger partial charge in [-0.2, -0.15) is 0 Å². The number of carbonyl (C=O) groups is 1. The van der Waals surface area contributed by atoms with Gasteiger partial charge in [-0.1, -0.05) is 30.7 Å². The Morgan fingerprint density at radius 3 is 2.33 bits per heavy atom. The van der Waals surface area contributed by atoms with Gasteiger partial charge in [0.2, 0.25) is 5.78 Å². The van der Waals surface area contributed by atoms with Crippen molar-refractivity contribution in [2.45, 2.75) is 32.1 Å². The van der Waals surface area contributed by atoms with Crippen molar-refractivity contribution in [2.75, 3.05) is 0 Å². The molecule has 92 valence electrons. The molecule has 2 aromatic rings. The van der Waals surface area contributed by atoms with E-state index in [0.717, 1.165) is 5.76 Å². The molecule has 0 N–H and O–H groups in total. The van der Waals surface area contributed by atoms with E-state index in [-0.39, 0.29) is 5.78 Å². The zero-order valence-electron chi connectivity index (χ0n) is 10.5. The van der Waals surface area contributed by atoms with Gasteiger partial charge in [0.15, 0.2) is 5.76 Å². The monoisotopic (exact) mass is 240 g/mol. The quantitative estimate of drug-likeness (QED) is 0.756. The summed E-state index contributed by atoms with van der Waals surface area (Å²) >= 11 is 0. The molecule has 0 bridgehead atoms. The number of hydrogen-bond acceptors (Lipinski definition) is 2. The average molecular weight is 240 g/mol. The van der Waals surface area contributed by atoms with Crippen molar-refractivity contribution in [3.8, 4) is 0 Å². The molecule has 0 radical (unpaired) electrons. The van der Waals surface area contributed by atoms with Gasteiger partial charge in [0.25, 0.3) is 0 Å². The Balaban J connectivity index is 1.81. The van der Waals surface area contributed by atoms with Crippen molar-refractivity contribution in [3.05, 3.63) is 59.0 Å². The molecule has 1 aromatic heterocycles. The highest BCUT2D eigenvalue weighted by molar-refractivity contribution is 6.07. The van der Waals surface area contributed by atoms with Crippen LogP contribution >= 0.6 is 0 Å². The van der Waals surface area contributed by atoms with E-state index in [4.69, 9.17) is 4.42 Å². The third-order valence-electron chi connectivity index (χ3n) is 3.71. The molecule has 1 heterocycles. The highest BCUT2D eigenvalue weighted by Crippen LogP contribution is 2.36. The van der Waals surface area contributed by atoms with Crippen LogP contribution in [-0.2, 0) is 0 Å². The van der Waals surface area contributed by atoms with Crippen LogP contribution in [0, 0.1) is 6.92 Å². The fourth-order valence-corrected chi connectivity index (χ4v) is 2.35. The number of aryl methyl sites for hydroxylation is 1. The second-order valence-electron chi connectivity index (χ2n) is 4.99. The second kappa shape index (κ2) is 4.45. The maximum absolute atomic E-state index is 12.1. The van der Waals surface area contributed by atoms with E-state index in [1.54, 1.807) is 6.07 Å². The Labute approximate surface area is 107 Å². The largest absolute Gasteiger partial charge is 0.458 e. The number of ketones is 1. The third-order valence-corrected chi connectivity index (χ3v) is 3.71. The molecule has 0 saturated heterocycles. The molecule has 0 amide bonds. The molecule has 0 atom stereocenters. The molecule has 0 unspecified atom stereocenters. The lowest BCUT2D eigenvalue weighted by Gasteiger charge is -2.25. The van der Waals surface area contributed by atoms with Crippen LogP contribution in [0.5, 0.6) is 0 Å². The summed E-state index contributed by atoms with van der Waals surface area (Å²) in [5.74, 6) is 1.86. The summed E-state index contributed by atoms with van der Waals surface area (Å²) in [7, 11) is 0. The summed E-state index contributed by atoms with van der Waals surface area (Å²) in [6.45, 7) is 1.84. The van der Waals surface area contributed by atoms with Crippen LogP contribution in [0.3, 0.4) is 0 Å². The van der Waals surface area contributed by atoms with Crippen molar-refractivity contribution < 1.29 is 9.21 Å². The van der Waals surface area contributed by atoms with Crippen molar-refractivity contribution >= 4 is 5.78 Å². The van der Waals surface area contributed by atoms with Crippen molar-refractivity contribution in [1.29, 1.82) is 0 Å². The minimum Gasteiger partial charge on any atom is -0.458 e. The molecule has 0 aliphatic heterocycles. The number of furan rings is 1. The van der Waals surface area contributed by atoms with E-state index >= 15 is 0 Å². The zero-order valence-corrected chi connectivity index (χ0v) is 10.5. The van der Waals surface area contributed by atoms with Crippen molar-refractivity contribution in [1.82, 2.24) is 0 Å². The lowest BCUT2D eigenvalue weighted by molar-refractivity contribution is 0.101. The third kappa shape index (κ3) is 1.99. The van der Waals surface area contributed by atoms with Crippen LogP contribution in [0.25, 0.3) is 0 Å². The van der Waals surface area contributed by atoms with Gasteiger partial charge in [-0.15, -0.1) is 0 Å². The number of benzene rings is 1. The summed E-state index contributed by atoms with van der Waals surface area (Å²) in [6, 6.07) is 11.5. The average Bonchev–Trinajstić information content (AvgIpc) is 2.74. The first-order chi connectivity index (χ1) is 8.74. The van der Waals surface area contributed by atoms with E-state index in [0.29, 0.717) is 17.2 Å². The standard InChI is InChI=1S/C16H16O2/c1-11-5-10-15(18-11)16(17)14-8-6-13(7-9-14)12-3-2-4-12/h5-10,12H,2-4H2,1H3. The van der Waals surface area contributed by atoms with Gasteiger partial charge in [-0.25, -0.2) is 0 Å². The lowest BCUT2D eigenvalue weighted by atomic mass is 9.80. The molecule has 1 aliphatic carbocycles. The Kier molecular flexibility index (Phi) is 2.78. The minimum absolute atomic E-state index is 0.0386. The van der Waals surface area contributed by atoms with Gasteiger partial charge in [0.05, 0.1) is 0 Å². The zero-order chi connectivity index (χ0) is 12.5. The van der Waals surface area contributed by atoms with E-state index in [9.17, 15) is 4.79 Å². The maximum Gasteiger partial charge on any atom is 0.228 e. The number of carbonyl (C=O) groups excluding carboxylic acids is 1. The van der Waals surface area contributed by atoms with Gasteiger partial charge < -0.3 is 4.42 Å². The fourth-order valence-electron chi connectivity index (χ4n) is 2.35. The topological polar surface area (TPSA) is 30.2 Å². The summed E-state index contributed by atoms with van der Waals surface area (Å²) < 4.78 is 5.36. The van der Waals surface area contributed by atoms with Gasteiger partial charge in [-0.3, -0.25) is 4.79 Å². The second-order valence-corrected chi connectivity index (χ2v) is 4.99. The summed E-state index contributed by atoms with van der Waals surface area (Å²) in [5, 5.41) is 0. The summed E-state index contributed by atoms with van der Waals surface area (Å²) in [4.78, 5) is 12.1. The van der Waals surface area contributed by atoms with Crippen LogP contribution in [0.1, 0.15) is 52.6 Å². The Bertz CT molecular complexity index is 559. The number of hydrogen-bond donors (Lipinski definition) is 0. The number of rotatable bonds is 3. The van der Waals surface area contributed by atoms with Gasteiger partial charge in [-0.05, 0) is 43.4 Å². The first-order valence-electron chi connectivity index (χ1n) is 6.45. The molecule has 2 heteroatoms. The highest BCUT2D eigenvalue weighted by atomic mass is 16.3. The maximum atomic E-state index is 12.1. The molecule has 3 rings (SSSR count). The summed E-state index contributed by atoms with van der Waals surface area (Å²) in [6.07, 6.45) is 3.90. The molecule has 0 spiro atoms. The van der Waals surface area contributed by atoms with Crippen molar-refractivity contribution in [3.63, 3.8) is 0 Å². The van der Waals surface area contributed by atoms with E-state index in [2.05, 4.69) is 12.1 Å². The van der Waals surface area contributed by atoms with Crippen LogP contribution in [0.2, 0.25) is 0 Å². The van der Waals surface area contributed by atoms with E-state index < -0.39 is 0 Å². The lowest BCUT2D eigenvalue weighted by Crippen LogP contribution is -2.09. The molecular weight excluding hydrogens is 224 g/mol. The molecule has 2 nitrogen and oxygen atoms in total. The predicted molar refractivity (Wildman–Crippen MR) is 69.9 cm³/mol. The minimum atomic E-state index is -0.0386. The Hall–Kier alpha value is -1.83. The first-order valence-corrected chi connectivity index (χ1v) is 6.45. The van der Waals surface area contributed by atoms with Crippen LogP contribution in [0.4, 0.5) is 0 Å². The van der Waals surface area contributed by atoms with E-state index in [1.165, 1.54) is 24.8 Å². The normalized spacial score (nSPS) is 15.4. The predicted octanol–water partition coefficient (Wildman–Crippen LogP) is 4.09. The fraction of sp³-hybridized carbons (Fsp3) is 0.312. The van der Waals surface area contributed by atoms with Gasteiger partial charge >= 0.3 is 0 Å². The highest BCUT2D eigenvalue weighted by Gasteiger charge is 2.20. The molecule has 18 heavy (non-hydrogen) atoms. The Morgan fingerprint density at radius 2 is 1.83 bits per heavy atom. The van der Waals surface area contributed by atoms with Crippen molar-refractivity contribution in [2.24, 2.45) is 0 Å². The van der Waals surface area contributed by atoms with Gasteiger partial charge in [0.1, 0.15) is 5.76 Å². The molecule has 1 saturated carbocycles. The summed E-state index contributed by atoms with van der Waals surface area (Å²) in [5.41, 5.74) is 2.06. The van der Waals surface area contributed by atoms with Crippen LogP contribution in [0.15, 0.2) is 40.8 Å². The smallest absolute Gasteiger partial charge is 0.228 e. The Morgan fingerprint density at radius 1 is 1.11 bits per heavy atom. The van der Waals surface area contributed by atoms with Crippen LogP contribution < -0.4 is 0 Å². The SMILES string of the molecule is Cc1ccc(C(=O)c2ccc(C3CCC3)cc2)o1. The molecule has 1 aliphatic rings.